The fourth-order valence-electron chi connectivity index (χ4n) is 4.48. The summed E-state index contributed by atoms with van der Waals surface area (Å²) in [7, 11) is 0.505. The number of primary amides is 1. The molecule has 0 radical (unpaired) electrons. The molecule has 11 heteroatoms. The van der Waals surface area contributed by atoms with Crippen LogP contribution >= 0.6 is 0 Å². The summed E-state index contributed by atoms with van der Waals surface area (Å²) in [5.41, 5.74) is 5.97. The molecule has 0 bridgehead atoms. The molecule has 0 spiro atoms. The molecule has 1 amide bonds. The zero-order chi connectivity index (χ0) is 25.5. The van der Waals surface area contributed by atoms with Crippen LogP contribution in [0.15, 0.2) is 24.4 Å². The molecule has 10 nitrogen and oxygen atoms in total. The molecule has 2 heterocycles. The van der Waals surface area contributed by atoms with E-state index in [0.717, 1.165) is 19.3 Å². The van der Waals surface area contributed by atoms with Crippen LogP contribution in [0.3, 0.4) is 0 Å². The Bertz CT molecular complexity index is 1190. The first-order chi connectivity index (χ1) is 16.5. The van der Waals surface area contributed by atoms with E-state index in [1.807, 2.05) is 27.7 Å². The summed E-state index contributed by atoms with van der Waals surface area (Å²) in [6.45, 7) is 7.71. The van der Waals surface area contributed by atoms with Crippen LogP contribution in [0, 0.1) is 17.2 Å². The number of ether oxygens (including phenoxy) is 1. The third kappa shape index (κ3) is 4.51. The predicted molar refractivity (Wildman–Crippen MR) is 130 cm³/mol. The van der Waals surface area contributed by atoms with Gasteiger partial charge in [0.05, 0.1) is 41.9 Å². The first-order valence-corrected chi connectivity index (χ1v) is 11.6. The van der Waals surface area contributed by atoms with E-state index in [9.17, 15) is 14.9 Å². The lowest BCUT2D eigenvalue weighted by molar-refractivity contribution is 0.00578. The van der Waals surface area contributed by atoms with E-state index in [0.29, 0.717) is 16.7 Å². The number of nitriles is 1. The SMILES string of the molecule is COC(=O)c1ccc(Nc2nn(C3CCC[C@@H]3C#N)cc2C(N)=O)cc1B1OC(C)(C)C(C)(C)O1. The number of hydrogen-bond donors (Lipinski definition) is 2. The van der Waals surface area contributed by atoms with Gasteiger partial charge in [0.1, 0.15) is 5.56 Å². The van der Waals surface area contributed by atoms with Gasteiger partial charge in [0.2, 0.25) is 0 Å². The van der Waals surface area contributed by atoms with Crippen LogP contribution in [0.1, 0.15) is 73.7 Å². The highest BCUT2D eigenvalue weighted by molar-refractivity contribution is 6.63. The predicted octanol–water partition coefficient (Wildman–Crippen LogP) is 2.68. The molecule has 1 aliphatic carbocycles. The third-order valence-electron chi connectivity index (χ3n) is 7.21. The Morgan fingerprint density at radius 2 is 1.91 bits per heavy atom. The fourth-order valence-corrected chi connectivity index (χ4v) is 4.48. The molecular weight excluding hydrogens is 449 g/mol. The number of aromatic nitrogens is 2. The summed E-state index contributed by atoms with van der Waals surface area (Å²) in [6.07, 6.45) is 4.10. The maximum absolute atomic E-state index is 12.5. The van der Waals surface area contributed by atoms with Gasteiger partial charge >= 0.3 is 13.1 Å². The van der Waals surface area contributed by atoms with Gasteiger partial charge in [-0.15, -0.1) is 0 Å². The molecule has 1 aliphatic heterocycles. The summed E-state index contributed by atoms with van der Waals surface area (Å²) >= 11 is 0. The smallest absolute Gasteiger partial charge is 0.465 e. The van der Waals surface area contributed by atoms with Gasteiger partial charge < -0.3 is 25.1 Å². The van der Waals surface area contributed by atoms with Crippen molar-refractivity contribution in [1.29, 1.82) is 5.26 Å². The van der Waals surface area contributed by atoms with Gasteiger partial charge in [-0.25, -0.2) is 4.79 Å². The van der Waals surface area contributed by atoms with Crippen LogP contribution in [0.25, 0.3) is 0 Å². The van der Waals surface area contributed by atoms with Crippen LogP contribution in [-0.4, -0.2) is 47.1 Å². The van der Waals surface area contributed by atoms with Gasteiger partial charge in [-0.2, -0.15) is 10.4 Å². The maximum Gasteiger partial charge on any atom is 0.495 e. The second kappa shape index (κ2) is 9.02. The summed E-state index contributed by atoms with van der Waals surface area (Å²) < 4.78 is 18.9. The number of methoxy groups -OCH3 is 1. The van der Waals surface area contributed by atoms with Crippen molar-refractivity contribution < 1.29 is 23.6 Å². The van der Waals surface area contributed by atoms with Crippen molar-refractivity contribution in [2.24, 2.45) is 11.7 Å². The molecule has 1 unspecified atom stereocenters. The Kier molecular flexibility index (Phi) is 6.38. The highest BCUT2D eigenvalue weighted by Crippen LogP contribution is 2.38. The van der Waals surface area contributed by atoms with E-state index in [4.69, 9.17) is 19.8 Å². The minimum atomic E-state index is -0.807. The van der Waals surface area contributed by atoms with E-state index < -0.39 is 30.2 Å². The van der Waals surface area contributed by atoms with Crippen molar-refractivity contribution in [2.75, 3.05) is 12.4 Å². The summed E-state index contributed by atoms with van der Waals surface area (Å²) in [5.74, 6) is -1.06. The molecule has 2 atom stereocenters. The summed E-state index contributed by atoms with van der Waals surface area (Å²) in [6, 6.07) is 7.21. The molecule has 1 saturated carbocycles. The van der Waals surface area contributed by atoms with Gasteiger partial charge in [0, 0.05) is 11.9 Å². The van der Waals surface area contributed by atoms with Gasteiger partial charge in [0.15, 0.2) is 5.82 Å². The van der Waals surface area contributed by atoms with E-state index in [-0.39, 0.29) is 23.3 Å². The Labute approximate surface area is 204 Å². The zero-order valence-corrected chi connectivity index (χ0v) is 20.6. The molecule has 4 rings (SSSR count). The lowest BCUT2D eigenvalue weighted by atomic mass is 9.75. The molecule has 1 aromatic heterocycles. The normalized spacial score (nSPS) is 22.6. The molecule has 2 aliphatic rings. The maximum atomic E-state index is 12.5. The number of nitrogens with two attached hydrogens (primary N) is 1. The van der Waals surface area contributed by atoms with Crippen LogP contribution in [0.5, 0.6) is 0 Å². The lowest BCUT2D eigenvalue weighted by Gasteiger charge is -2.32. The highest BCUT2D eigenvalue weighted by atomic mass is 16.7. The number of amides is 1. The quantitative estimate of drug-likeness (QED) is 0.476. The molecule has 1 saturated heterocycles. The minimum Gasteiger partial charge on any atom is -0.465 e. The topological polar surface area (TPSA) is 141 Å². The number of benzene rings is 1. The average Bonchev–Trinajstić information content (AvgIpc) is 3.49. The number of anilines is 2. The Balaban J connectivity index is 1.70. The number of esters is 1. The summed E-state index contributed by atoms with van der Waals surface area (Å²) in [4.78, 5) is 24.6. The number of rotatable bonds is 6. The van der Waals surface area contributed by atoms with Crippen LogP contribution in [0.2, 0.25) is 0 Å². The number of carbonyl (C=O) groups excluding carboxylic acids is 2. The monoisotopic (exact) mass is 479 g/mol. The van der Waals surface area contributed by atoms with E-state index in [2.05, 4.69) is 16.5 Å². The molecule has 1 aromatic carbocycles. The van der Waals surface area contributed by atoms with Crippen molar-refractivity contribution in [1.82, 2.24) is 9.78 Å². The molecule has 3 N–H and O–H groups in total. The van der Waals surface area contributed by atoms with Crippen molar-refractivity contribution >= 4 is 36.0 Å². The van der Waals surface area contributed by atoms with Gasteiger partial charge in [-0.1, -0.05) is 0 Å². The number of hydrogen-bond acceptors (Lipinski definition) is 8. The summed E-state index contributed by atoms with van der Waals surface area (Å²) in [5, 5.41) is 17.2. The lowest BCUT2D eigenvalue weighted by Crippen LogP contribution is -2.41. The Morgan fingerprint density at radius 3 is 2.51 bits per heavy atom. The second-order valence-corrected chi connectivity index (χ2v) is 9.98. The standard InChI is InChI=1S/C24H30BN5O5/c1-23(2)24(3,4)35-25(34-23)18-11-15(9-10-16(18)22(32)33-5)28-21-17(20(27)31)13-30(29-21)19-8-6-7-14(19)12-26/h9-11,13-14,19H,6-8H2,1-5H3,(H2,27,31)(H,28,29)/t14-,19?/m1/s1. The third-order valence-corrected chi connectivity index (χ3v) is 7.21. The van der Waals surface area contributed by atoms with E-state index in [1.165, 1.54) is 7.11 Å². The number of carbonyl (C=O) groups is 2. The van der Waals surface area contributed by atoms with Gasteiger partial charge in [0.25, 0.3) is 5.91 Å². The van der Waals surface area contributed by atoms with Crippen molar-refractivity contribution in [3.63, 3.8) is 0 Å². The first-order valence-electron chi connectivity index (χ1n) is 11.6. The second-order valence-electron chi connectivity index (χ2n) is 9.98. The van der Waals surface area contributed by atoms with E-state index >= 15 is 0 Å². The van der Waals surface area contributed by atoms with Crippen molar-refractivity contribution in [3.05, 3.63) is 35.5 Å². The van der Waals surface area contributed by atoms with Gasteiger partial charge in [-0.3, -0.25) is 9.48 Å². The zero-order valence-electron chi connectivity index (χ0n) is 20.6. The molecule has 2 fully saturated rings. The van der Waals surface area contributed by atoms with Crippen LogP contribution < -0.4 is 16.5 Å². The van der Waals surface area contributed by atoms with Crippen LogP contribution in [0.4, 0.5) is 11.5 Å². The van der Waals surface area contributed by atoms with Crippen molar-refractivity contribution in [2.45, 2.75) is 64.2 Å². The van der Waals surface area contributed by atoms with E-state index in [1.54, 1.807) is 29.1 Å². The molecule has 2 aromatic rings. The fraction of sp³-hybridized carbons (Fsp3) is 0.500. The number of nitrogens with one attached hydrogen (secondary N) is 1. The minimum absolute atomic E-state index is 0.115. The van der Waals surface area contributed by atoms with Gasteiger partial charge in [-0.05, 0) is 70.6 Å². The Hall–Kier alpha value is -3.36. The first kappa shape index (κ1) is 24.8. The molecule has 35 heavy (non-hydrogen) atoms. The molecular formula is C24H30BN5O5. The highest BCUT2D eigenvalue weighted by Gasteiger charge is 2.52. The average molecular weight is 479 g/mol. The van der Waals surface area contributed by atoms with Crippen LogP contribution in [-0.2, 0) is 14.0 Å². The number of nitrogens with zero attached hydrogens (tertiary/aromatic N) is 3. The van der Waals surface area contributed by atoms with Crippen molar-refractivity contribution in [3.8, 4) is 6.07 Å². The largest absolute Gasteiger partial charge is 0.495 e. The molecule has 184 valence electrons. The Morgan fingerprint density at radius 1 is 1.23 bits per heavy atom.